The lowest BCUT2D eigenvalue weighted by Crippen LogP contribution is -2.28. The molecule has 1 saturated heterocycles. The van der Waals surface area contributed by atoms with Gasteiger partial charge in [-0.1, -0.05) is 28.1 Å². The van der Waals surface area contributed by atoms with E-state index in [-0.39, 0.29) is 5.91 Å². The number of amidine groups is 1. The summed E-state index contributed by atoms with van der Waals surface area (Å²) >= 11 is 4.88. The molecule has 1 aliphatic heterocycles. The molecule has 1 aromatic carbocycles. The van der Waals surface area contributed by atoms with Gasteiger partial charge in [-0.05, 0) is 49.4 Å². The number of hydrogen-bond acceptors (Lipinski definition) is 3. The lowest BCUT2D eigenvalue weighted by atomic mass is 10.2. The number of thioether (sulfide) groups is 1. The van der Waals surface area contributed by atoms with Crippen molar-refractivity contribution in [2.24, 2.45) is 4.99 Å². The van der Waals surface area contributed by atoms with Gasteiger partial charge in [0.1, 0.15) is 0 Å². The van der Waals surface area contributed by atoms with Crippen LogP contribution in [-0.4, -0.2) is 29.1 Å². The molecule has 3 nitrogen and oxygen atoms in total. The van der Waals surface area contributed by atoms with Gasteiger partial charge < -0.3 is 0 Å². The van der Waals surface area contributed by atoms with Gasteiger partial charge in [0.05, 0.1) is 4.91 Å². The number of benzene rings is 1. The molecule has 0 aliphatic carbocycles. The smallest absolute Gasteiger partial charge is 0.266 e. The summed E-state index contributed by atoms with van der Waals surface area (Å²) < 4.78 is 1.01. The van der Waals surface area contributed by atoms with Crippen molar-refractivity contribution in [3.63, 3.8) is 0 Å². The van der Waals surface area contributed by atoms with E-state index in [1.165, 1.54) is 11.8 Å². The molecular formula is C14H15BrN2OS. The Morgan fingerprint density at radius 2 is 2.21 bits per heavy atom. The molecule has 100 valence electrons. The van der Waals surface area contributed by atoms with E-state index in [4.69, 9.17) is 0 Å². The summed E-state index contributed by atoms with van der Waals surface area (Å²) in [7, 11) is 0. The van der Waals surface area contributed by atoms with Crippen LogP contribution in [0.2, 0.25) is 0 Å². The third-order valence-electron chi connectivity index (χ3n) is 2.64. The van der Waals surface area contributed by atoms with E-state index < -0.39 is 0 Å². The molecule has 0 spiro atoms. The molecule has 1 fully saturated rings. The van der Waals surface area contributed by atoms with Crippen LogP contribution in [0.5, 0.6) is 0 Å². The average Bonchev–Trinajstić information content (AvgIpc) is 2.66. The number of aliphatic imine (C=N–C) groups is 1. The Bertz CT molecular complexity index is 554. The second kappa shape index (κ2) is 6.39. The Morgan fingerprint density at radius 3 is 2.84 bits per heavy atom. The fraction of sp³-hybridized carbons (Fsp3) is 0.286. The van der Waals surface area contributed by atoms with Crippen LogP contribution in [0.4, 0.5) is 0 Å². The minimum atomic E-state index is 0.0414. The third kappa shape index (κ3) is 3.28. The second-order valence-corrected chi connectivity index (χ2v) is 5.90. The first kappa shape index (κ1) is 14.3. The first-order valence-electron chi connectivity index (χ1n) is 6.17. The average molecular weight is 339 g/mol. The molecule has 0 radical (unpaired) electrons. The van der Waals surface area contributed by atoms with Crippen LogP contribution < -0.4 is 0 Å². The Labute approximate surface area is 125 Å². The maximum atomic E-state index is 12.3. The summed E-state index contributed by atoms with van der Waals surface area (Å²) in [4.78, 5) is 19.1. The summed E-state index contributed by atoms with van der Waals surface area (Å²) in [6.45, 7) is 5.28. The van der Waals surface area contributed by atoms with Gasteiger partial charge in [-0.3, -0.25) is 14.7 Å². The minimum Gasteiger partial charge on any atom is -0.287 e. The molecule has 1 heterocycles. The first-order valence-corrected chi connectivity index (χ1v) is 7.78. The van der Waals surface area contributed by atoms with Crippen molar-refractivity contribution in [2.75, 3.05) is 13.1 Å². The Balaban J connectivity index is 2.31. The molecule has 0 aromatic heterocycles. The molecule has 0 bridgehead atoms. The van der Waals surface area contributed by atoms with Crippen molar-refractivity contribution < 1.29 is 4.79 Å². The van der Waals surface area contributed by atoms with Crippen molar-refractivity contribution in [1.29, 1.82) is 0 Å². The van der Waals surface area contributed by atoms with Crippen molar-refractivity contribution in [3.8, 4) is 0 Å². The van der Waals surface area contributed by atoms with Gasteiger partial charge in [-0.25, -0.2) is 0 Å². The van der Waals surface area contributed by atoms with Crippen LogP contribution in [0.25, 0.3) is 6.08 Å². The van der Waals surface area contributed by atoms with Crippen molar-refractivity contribution in [2.45, 2.75) is 13.8 Å². The van der Waals surface area contributed by atoms with Gasteiger partial charge in [-0.2, -0.15) is 0 Å². The Kier molecular flexibility index (Phi) is 4.82. The summed E-state index contributed by atoms with van der Waals surface area (Å²) in [5.74, 6) is 0.0414. The van der Waals surface area contributed by atoms with Crippen molar-refractivity contribution in [1.82, 2.24) is 4.90 Å². The van der Waals surface area contributed by atoms with Crippen molar-refractivity contribution >= 4 is 44.8 Å². The number of carbonyl (C=O) groups excluding carboxylic acids is 1. The highest BCUT2D eigenvalue weighted by molar-refractivity contribution is 9.10. The number of carbonyl (C=O) groups is 1. The van der Waals surface area contributed by atoms with Gasteiger partial charge >= 0.3 is 0 Å². The predicted octanol–water partition coefficient (Wildman–Crippen LogP) is 3.76. The molecule has 2 rings (SSSR count). The maximum absolute atomic E-state index is 12.3. The van der Waals surface area contributed by atoms with E-state index in [9.17, 15) is 4.79 Å². The Hall–Kier alpha value is -1.07. The molecule has 0 N–H and O–H groups in total. The largest absolute Gasteiger partial charge is 0.287 e. The molecule has 1 aliphatic rings. The summed E-state index contributed by atoms with van der Waals surface area (Å²) in [5, 5.41) is 0.802. The van der Waals surface area contributed by atoms with Gasteiger partial charge in [0.2, 0.25) is 0 Å². The summed E-state index contributed by atoms with van der Waals surface area (Å²) in [6, 6.07) is 7.90. The van der Waals surface area contributed by atoms with Gasteiger partial charge in [-0.15, -0.1) is 0 Å². The van der Waals surface area contributed by atoms with Crippen LogP contribution in [0.1, 0.15) is 19.4 Å². The fourth-order valence-electron chi connectivity index (χ4n) is 1.79. The molecule has 19 heavy (non-hydrogen) atoms. The van der Waals surface area contributed by atoms with Crippen LogP contribution in [0, 0.1) is 0 Å². The highest BCUT2D eigenvalue weighted by Gasteiger charge is 2.31. The number of hydrogen-bond donors (Lipinski definition) is 0. The van der Waals surface area contributed by atoms with E-state index in [1.807, 2.05) is 44.2 Å². The van der Waals surface area contributed by atoms with Crippen molar-refractivity contribution in [3.05, 3.63) is 39.2 Å². The maximum Gasteiger partial charge on any atom is 0.266 e. The zero-order valence-electron chi connectivity index (χ0n) is 10.9. The molecule has 1 amide bonds. The van der Waals surface area contributed by atoms with E-state index in [1.54, 1.807) is 4.90 Å². The summed E-state index contributed by atoms with van der Waals surface area (Å²) in [5.41, 5.74) is 1.01. The predicted molar refractivity (Wildman–Crippen MR) is 85.1 cm³/mol. The molecule has 5 heteroatoms. The fourth-order valence-corrected chi connectivity index (χ4v) is 3.31. The van der Waals surface area contributed by atoms with Gasteiger partial charge in [0.15, 0.2) is 5.17 Å². The number of likely N-dealkylation sites (N-methyl/N-ethyl adjacent to an activating group) is 1. The summed E-state index contributed by atoms with van der Waals surface area (Å²) in [6.07, 6.45) is 1.92. The molecule has 1 aromatic rings. The van der Waals surface area contributed by atoms with E-state index >= 15 is 0 Å². The normalized spacial score (nSPS) is 19.7. The zero-order chi connectivity index (χ0) is 13.8. The number of rotatable bonds is 3. The zero-order valence-corrected chi connectivity index (χ0v) is 13.3. The third-order valence-corrected chi connectivity index (χ3v) is 4.18. The van der Waals surface area contributed by atoms with Crippen LogP contribution >= 0.6 is 27.7 Å². The molecule has 0 saturated carbocycles. The molecule has 0 atom stereocenters. The van der Waals surface area contributed by atoms with Gasteiger partial charge in [0, 0.05) is 17.6 Å². The molecule has 0 unspecified atom stereocenters. The topological polar surface area (TPSA) is 32.7 Å². The van der Waals surface area contributed by atoms with E-state index in [0.29, 0.717) is 13.1 Å². The SMILES string of the molecule is CCN=C1S/C(=C\c2cccc(Br)c2)C(=O)N1CC. The second-order valence-electron chi connectivity index (χ2n) is 3.97. The highest BCUT2D eigenvalue weighted by Crippen LogP contribution is 2.32. The highest BCUT2D eigenvalue weighted by atomic mass is 79.9. The standard InChI is InChI=1S/C14H15BrN2OS/c1-3-16-14-17(4-2)13(18)12(19-14)9-10-6-5-7-11(15)8-10/h5-9H,3-4H2,1-2H3/b12-9-,16-14?. The Morgan fingerprint density at radius 1 is 1.42 bits per heavy atom. The molecular weight excluding hydrogens is 324 g/mol. The minimum absolute atomic E-state index is 0.0414. The van der Waals surface area contributed by atoms with Crippen LogP contribution in [0.15, 0.2) is 38.6 Å². The first-order chi connectivity index (χ1) is 9.15. The van der Waals surface area contributed by atoms with Gasteiger partial charge in [0.25, 0.3) is 5.91 Å². The van der Waals surface area contributed by atoms with E-state index in [2.05, 4.69) is 20.9 Å². The lowest BCUT2D eigenvalue weighted by molar-refractivity contribution is -0.122. The lowest BCUT2D eigenvalue weighted by Gasteiger charge is -2.11. The van der Waals surface area contributed by atoms with E-state index in [0.717, 1.165) is 20.1 Å². The monoisotopic (exact) mass is 338 g/mol. The van der Waals surface area contributed by atoms with Crippen LogP contribution in [-0.2, 0) is 4.79 Å². The van der Waals surface area contributed by atoms with Crippen LogP contribution in [0.3, 0.4) is 0 Å². The number of halogens is 1. The quantitative estimate of drug-likeness (QED) is 0.786. The number of amides is 1. The number of nitrogens with zero attached hydrogens (tertiary/aromatic N) is 2.